The monoisotopic (exact) mass is 448 g/mol. The van der Waals surface area contributed by atoms with Gasteiger partial charge in [0.2, 0.25) is 0 Å². The van der Waals surface area contributed by atoms with Crippen LogP contribution >= 0.6 is 8.60 Å². The molecular weight excluding hydrogens is 403 g/mol. The molecule has 0 saturated carbocycles. The molecule has 1 aromatic rings. The van der Waals surface area contributed by atoms with E-state index in [0.717, 1.165) is 31.4 Å². The second-order valence-electron chi connectivity index (χ2n) is 11.9. The third-order valence-corrected chi connectivity index (χ3v) is 6.92. The molecule has 0 radical (unpaired) electrons. The van der Waals surface area contributed by atoms with Gasteiger partial charge in [0.05, 0.1) is 12.4 Å². The van der Waals surface area contributed by atoms with E-state index in [9.17, 15) is 0 Å². The van der Waals surface area contributed by atoms with Gasteiger partial charge in [-0.15, -0.1) is 0 Å². The number of hydrogen-bond donors (Lipinski definition) is 0. The van der Waals surface area contributed by atoms with Crippen molar-refractivity contribution in [2.24, 2.45) is 0 Å². The molecule has 176 valence electrons. The highest BCUT2D eigenvalue weighted by Crippen LogP contribution is 2.52. The molecule has 0 N–H and O–H groups in total. The van der Waals surface area contributed by atoms with E-state index >= 15 is 0 Å². The molecule has 1 heterocycles. The van der Waals surface area contributed by atoms with Crippen LogP contribution in [0.25, 0.3) is 0 Å². The van der Waals surface area contributed by atoms with Gasteiger partial charge in [-0.3, -0.25) is 4.52 Å². The maximum Gasteiger partial charge on any atom is 0.463 e. The number of unbranched alkanes of at least 4 members (excludes halogenated alkanes) is 1. The summed E-state index contributed by atoms with van der Waals surface area (Å²) < 4.78 is 19.0. The Morgan fingerprint density at radius 3 is 1.84 bits per heavy atom. The van der Waals surface area contributed by atoms with Crippen LogP contribution in [0.15, 0.2) is 24.0 Å². The van der Waals surface area contributed by atoms with Crippen LogP contribution in [0.1, 0.15) is 119 Å². The minimum absolute atomic E-state index is 0.0612. The molecular formula is C27H45O3P. The molecule has 0 amide bonds. The fourth-order valence-corrected chi connectivity index (χ4v) is 4.87. The molecule has 2 rings (SSSR count). The minimum atomic E-state index is -1.48. The largest absolute Gasteiger partial charge is 0.463 e. The first kappa shape index (κ1) is 26.2. The molecule has 0 fully saturated rings. The number of rotatable bonds is 6. The summed E-state index contributed by atoms with van der Waals surface area (Å²) in [5.41, 5.74) is 4.94. The van der Waals surface area contributed by atoms with Gasteiger partial charge in [-0.05, 0) is 40.2 Å². The fourth-order valence-electron chi connectivity index (χ4n) is 3.71. The van der Waals surface area contributed by atoms with Crippen molar-refractivity contribution in [2.45, 2.75) is 124 Å². The smallest absolute Gasteiger partial charge is 0.426 e. The lowest BCUT2D eigenvalue weighted by Crippen LogP contribution is -2.24. The molecule has 3 nitrogen and oxygen atoms in total. The van der Waals surface area contributed by atoms with E-state index in [1.54, 1.807) is 0 Å². The van der Waals surface area contributed by atoms with Crippen LogP contribution in [-0.2, 0) is 25.3 Å². The van der Waals surface area contributed by atoms with Crippen molar-refractivity contribution in [3.05, 3.63) is 40.7 Å². The molecule has 1 aromatic carbocycles. The Bertz CT molecular complexity index is 740. The molecule has 0 saturated heterocycles. The van der Waals surface area contributed by atoms with Gasteiger partial charge >= 0.3 is 8.60 Å². The van der Waals surface area contributed by atoms with Crippen molar-refractivity contribution in [3.63, 3.8) is 0 Å². The number of hydrogen-bond acceptors (Lipinski definition) is 3. The first-order valence-electron chi connectivity index (χ1n) is 11.9. The zero-order valence-corrected chi connectivity index (χ0v) is 22.7. The van der Waals surface area contributed by atoms with Crippen molar-refractivity contribution in [1.82, 2.24) is 0 Å². The molecule has 2 atom stereocenters. The maximum absolute atomic E-state index is 6.62. The summed E-state index contributed by atoms with van der Waals surface area (Å²) in [7, 11) is -1.48. The fraction of sp³-hybridized carbons (Fsp3) is 0.704. The van der Waals surface area contributed by atoms with Crippen LogP contribution in [0.5, 0.6) is 5.75 Å². The number of benzene rings is 1. The minimum Gasteiger partial charge on any atom is -0.426 e. The third kappa shape index (κ3) is 6.72. The molecule has 31 heavy (non-hydrogen) atoms. The van der Waals surface area contributed by atoms with E-state index in [0.29, 0.717) is 0 Å². The maximum atomic E-state index is 6.62. The lowest BCUT2D eigenvalue weighted by atomic mass is 9.75. The Morgan fingerprint density at radius 1 is 0.871 bits per heavy atom. The summed E-state index contributed by atoms with van der Waals surface area (Å²) in [5.74, 6) is 0.932. The predicted octanol–water partition coefficient (Wildman–Crippen LogP) is 9.08. The van der Waals surface area contributed by atoms with Crippen LogP contribution in [0.2, 0.25) is 0 Å². The van der Waals surface area contributed by atoms with E-state index in [2.05, 4.69) is 88.3 Å². The summed E-state index contributed by atoms with van der Waals surface area (Å²) in [6.07, 6.45) is 6.25. The Balaban J connectivity index is 2.53. The first-order valence-corrected chi connectivity index (χ1v) is 13.0. The zero-order valence-electron chi connectivity index (χ0n) is 21.8. The molecule has 0 bridgehead atoms. The van der Waals surface area contributed by atoms with Gasteiger partial charge in [-0.25, -0.2) is 0 Å². The Labute approximate surface area is 193 Å². The van der Waals surface area contributed by atoms with E-state index in [-0.39, 0.29) is 22.3 Å². The average Bonchev–Trinajstić information content (AvgIpc) is 2.63. The molecule has 0 spiro atoms. The summed E-state index contributed by atoms with van der Waals surface area (Å²) in [4.78, 5) is 0. The van der Waals surface area contributed by atoms with Crippen LogP contribution in [0.4, 0.5) is 0 Å². The lowest BCUT2D eigenvalue weighted by Gasteiger charge is -2.35. The SMILES string of the molecule is CCCCC1OP(Oc2c(C(C)(C)C)cc(C(C)(C)C)cc2C(C)(C)C)OC=C1CC. The summed E-state index contributed by atoms with van der Waals surface area (Å²) in [6, 6.07) is 4.65. The molecule has 1 aliphatic rings. The highest BCUT2D eigenvalue weighted by molar-refractivity contribution is 7.42. The topological polar surface area (TPSA) is 27.7 Å². The van der Waals surface area contributed by atoms with Crippen LogP contribution in [0.3, 0.4) is 0 Å². The van der Waals surface area contributed by atoms with Crippen LogP contribution in [0, 0.1) is 0 Å². The quantitative estimate of drug-likeness (QED) is 0.406. The van der Waals surface area contributed by atoms with Gasteiger partial charge < -0.3 is 9.05 Å². The van der Waals surface area contributed by atoms with Crippen molar-refractivity contribution < 1.29 is 13.6 Å². The average molecular weight is 449 g/mol. The molecule has 4 heteroatoms. The normalized spacial score (nSPS) is 20.3. The van der Waals surface area contributed by atoms with Crippen LogP contribution < -0.4 is 4.52 Å². The van der Waals surface area contributed by atoms with Gasteiger partial charge in [0.1, 0.15) is 5.75 Å². The van der Waals surface area contributed by atoms with Crippen molar-refractivity contribution in [2.75, 3.05) is 0 Å². The third-order valence-electron chi connectivity index (χ3n) is 5.88. The highest BCUT2D eigenvalue weighted by Gasteiger charge is 2.35. The van der Waals surface area contributed by atoms with Gasteiger partial charge in [0.25, 0.3) is 0 Å². The van der Waals surface area contributed by atoms with Crippen molar-refractivity contribution in [1.29, 1.82) is 0 Å². The molecule has 0 aromatic heterocycles. The standard InChI is InChI=1S/C27H45O3P/c1-12-14-15-23-19(13-2)18-28-31(29-23)30-24-21(26(6,7)8)16-20(25(3,4)5)17-22(24)27(9,10)11/h16-18,23H,12-15H2,1-11H3. The molecule has 2 unspecified atom stereocenters. The van der Waals surface area contributed by atoms with Gasteiger partial charge in [-0.1, -0.05) is 101 Å². The van der Waals surface area contributed by atoms with E-state index in [4.69, 9.17) is 13.6 Å². The van der Waals surface area contributed by atoms with E-state index in [1.165, 1.54) is 22.3 Å². The van der Waals surface area contributed by atoms with Crippen LogP contribution in [-0.4, -0.2) is 6.10 Å². The molecule has 0 aliphatic carbocycles. The van der Waals surface area contributed by atoms with Crippen molar-refractivity contribution >= 4 is 8.60 Å². The summed E-state index contributed by atoms with van der Waals surface area (Å²) >= 11 is 0. The highest BCUT2D eigenvalue weighted by atomic mass is 31.2. The second kappa shape index (κ2) is 9.84. The van der Waals surface area contributed by atoms with Crippen molar-refractivity contribution in [3.8, 4) is 5.75 Å². The Kier molecular flexibility index (Phi) is 8.31. The Hall–Kier alpha value is -1.05. The summed E-state index contributed by atoms with van der Waals surface area (Å²) in [6.45, 7) is 24.7. The van der Waals surface area contributed by atoms with E-state index < -0.39 is 8.60 Å². The summed E-state index contributed by atoms with van der Waals surface area (Å²) in [5, 5.41) is 0. The predicted molar refractivity (Wildman–Crippen MR) is 134 cm³/mol. The van der Waals surface area contributed by atoms with Gasteiger partial charge in [0.15, 0.2) is 0 Å². The first-order chi connectivity index (χ1) is 14.2. The van der Waals surface area contributed by atoms with E-state index in [1.807, 2.05) is 6.26 Å². The second-order valence-corrected chi connectivity index (χ2v) is 12.9. The Morgan fingerprint density at radius 2 is 1.42 bits per heavy atom. The van der Waals surface area contributed by atoms with Gasteiger partial charge in [-0.2, -0.15) is 0 Å². The molecule has 1 aliphatic heterocycles. The zero-order chi connectivity index (χ0) is 23.6. The lowest BCUT2D eigenvalue weighted by molar-refractivity contribution is 0.159. The van der Waals surface area contributed by atoms with Gasteiger partial charge in [0, 0.05) is 11.1 Å².